The summed E-state index contributed by atoms with van der Waals surface area (Å²) < 4.78 is 26.6. The van der Waals surface area contributed by atoms with Crippen molar-refractivity contribution >= 4 is 6.79 Å². The molecule has 0 unspecified atom stereocenters. The summed E-state index contributed by atoms with van der Waals surface area (Å²) in [6.07, 6.45) is 7.66. The van der Waals surface area contributed by atoms with Gasteiger partial charge in [-0.3, -0.25) is 4.68 Å². The topological polar surface area (TPSA) is 67.2 Å². The molecule has 5 rings (SSSR count). The molecule has 1 heterocycles. The third-order valence-electron chi connectivity index (χ3n) is 7.45. The van der Waals surface area contributed by atoms with Crippen molar-refractivity contribution in [3.63, 3.8) is 0 Å². The minimum Gasteiger partial charge on any atom is -0.385 e. The Morgan fingerprint density at radius 2 is 1.69 bits per heavy atom. The smallest absolute Gasteiger partial charge is 0.251 e. The van der Waals surface area contributed by atoms with Gasteiger partial charge in [0.2, 0.25) is 0 Å². The number of alkyl halides is 2. The van der Waals surface area contributed by atoms with Crippen LogP contribution in [-0.2, 0) is 23.2 Å². The van der Waals surface area contributed by atoms with E-state index in [1.807, 2.05) is 27.6 Å². The Balaban J connectivity index is 0.000000295. The van der Waals surface area contributed by atoms with E-state index in [-0.39, 0.29) is 18.4 Å². The third kappa shape index (κ3) is 6.60. The number of nitrogens with one attached hydrogen (secondary N) is 1. The van der Waals surface area contributed by atoms with Gasteiger partial charge in [0.1, 0.15) is 6.79 Å². The van der Waals surface area contributed by atoms with Crippen LogP contribution in [0, 0.1) is 0 Å². The molecule has 0 saturated heterocycles. The molecule has 2 aromatic rings. The standard InChI is InChI=1S/C20H26N2O.C6H11F2N.C2H6.CH2O/c1-14(2)22-18-10-4-3-9-17(18)19(21-22)15-7-5-8-16(13-15)20(23)11-6-12-20;1-5(9-2)3-6(7,8)4-5;2*1-2/h5,7-8,13-14,23H,3-4,6,9-12H2,1-2H3;9H,3-4H2,1-2H3;1-2H3;1H2. The monoisotopic (exact) mass is 505 g/mol. The van der Waals surface area contributed by atoms with Gasteiger partial charge in [-0.05, 0) is 84.4 Å². The minimum absolute atomic E-state index is 0.0174. The van der Waals surface area contributed by atoms with Gasteiger partial charge in [0.05, 0.1) is 11.3 Å². The van der Waals surface area contributed by atoms with Crippen LogP contribution < -0.4 is 5.32 Å². The van der Waals surface area contributed by atoms with E-state index < -0.39 is 11.5 Å². The second kappa shape index (κ2) is 12.4. The van der Waals surface area contributed by atoms with Crippen molar-refractivity contribution in [2.45, 2.75) is 116 Å². The molecule has 0 spiro atoms. The number of nitrogens with zero attached hydrogens (tertiary/aromatic N) is 2. The first-order chi connectivity index (χ1) is 17.1. The molecule has 2 N–H and O–H groups in total. The van der Waals surface area contributed by atoms with Crippen LogP contribution in [0.2, 0.25) is 0 Å². The van der Waals surface area contributed by atoms with Crippen LogP contribution in [0.1, 0.15) is 102 Å². The van der Waals surface area contributed by atoms with E-state index in [0.717, 1.165) is 43.4 Å². The Hall–Kier alpha value is -2.12. The number of hydrogen-bond donors (Lipinski definition) is 2. The van der Waals surface area contributed by atoms with Crippen molar-refractivity contribution in [1.82, 2.24) is 15.1 Å². The summed E-state index contributed by atoms with van der Waals surface area (Å²) in [4.78, 5) is 8.00. The second-order valence-electron chi connectivity index (χ2n) is 10.5. The van der Waals surface area contributed by atoms with Crippen LogP contribution in [0.3, 0.4) is 0 Å². The Labute approximate surface area is 215 Å². The first kappa shape index (κ1) is 30.1. The fraction of sp³-hybridized carbons (Fsp3) is 0.655. The lowest BCUT2D eigenvalue weighted by molar-refractivity contribution is -0.126. The summed E-state index contributed by atoms with van der Waals surface area (Å²) in [5, 5.41) is 18.5. The highest BCUT2D eigenvalue weighted by atomic mass is 19.3. The van der Waals surface area contributed by atoms with Crippen molar-refractivity contribution in [2.24, 2.45) is 0 Å². The van der Waals surface area contributed by atoms with Crippen LogP contribution in [0.5, 0.6) is 0 Å². The number of benzene rings is 1. The summed E-state index contributed by atoms with van der Waals surface area (Å²) in [6.45, 7) is 12.2. The highest BCUT2D eigenvalue weighted by molar-refractivity contribution is 5.66. The predicted molar refractivity (Wildman–Crippen MR) is 143 cm³/mol. The number of aliphatic hydroxyl groups is 1. The molecule has 2 saturated carbocycles. The van der Waals surface area contributed by atoms with E-state index in [1.165, 1.54) is 29.7 Å². The van der Waals surface area contributed by atoms with E-state index >= 15 is 0 Å². The zero-order valence-electron chi connectivity index (χ0n) is 23.0. The summed E-state index contributed by atoms with van der Waals surface area (Å²) in [7, 11) is 1.72. The number of hydrogen-bond acceptors (Lipinski definition) is 4. The minimum atomic E-state index is -2.41. The Morgan fingerprint density at radius 1 is 1.08 bits per heavy atom. The van der Waals surface area contributed by atoms with Gasteiger partial charge in [0.25, 0.3) is 5.92 Å². The third-order valence-corrected chi connectivity index (χ3v) is 7.45. The number of rotatable bonds is 4. The lowest BCUT2D eigenvalue weighted by Gasteiger charge is -2.44. The molecule has 0 aliphatic heterocycles. The van der Waals surface area contributed by atoms with Crippen molar-refractivity contribution in [1.29, 1.82) is 0 Å². The van der Waals surface area contributed by atoms with E-state index in [2.05, 4.69) is 48.1 Å². The SMILES string of the molecule is C=O.CC.CC(C)n1nc(-c2cccc(C3(O)CCC3)c2)c2c1CCCC2.CNC1(C)CC(F)(F)C1. The van der Waals surface area contributed by atoms with Gasteiger partial charge in [-0.15, -0.1) is 0 Å². The fourth-order valence-electron chi connectivity index (χ4n) is 5.31. The average molecular weight is 506 g/mol. The van der Waals surface area contributed by atoms with Gasteiger partial charge in [0.15, 0.2) is 0 Å². The van der Waals surface area contributed by atoms with Gasteiger partial charge >= 0.3 is 0 Å². The maximum absolute atomic E-state index is 12.2. The van der Waals surface area contributed by atoms with Crippen LogP contribution in [0.15, 0.2) is 24.3 Å². The molecule has 7 heteroatoms. The van der Waals surface area contributed by atoms with Crippen molar-refractivity contribution in [3.8, 4) is 11.3 Å². The second-order valence-corrected chi connectivity index (χ2v) is 10.5. The highest BCUT2D eigenvalue weighted by Gasteiger charge is 2.52. The lowest BCUT2D eigenvalue weighted by Crippen LogP contribution is -2.57. The zero-order valence-corrected chi connectivity index (χ0v) is 23.0. The lowest BCUT2D eigenvalue weighted by atomic mass is 9.74. The summed E-state index contributed by atoms with van der Waals surface area (Å²) in [5.41, 5.74) is 5.32. The molecule has 1 aromatic heterocycles. The number of carbonyl (C=O) groups excluding carboxylic acids is 1. The van der Waals surface area contributed by atoms with Crippen LogP contribution in [-0.4, -0.2) is 40.2 Å². The van der Waals surface area contributed by atoms with E-state index in [9.17, 15) is 13.9 Å². The Bertz CT molecular complexity index is 975. The molecule has 0 atom stereocenters. The number of halogens is 2. The Morgan fingerprint density at radius 3 is 2.17 bits per heavy atom. The molecule has 3 aliphatic rings. The van der Waals surface area contributed by atoms with Crippen molar-refractivity contribution in [3.05, 3.63) is 41.1 Å². The molecule has 3 aliphatic carbocycles. The molecule has 0 amide bonds. The quantitative estimate of drug-likeness (QED) is 0.490. The van der Waals surface area contributed by atoms with Gasteiger partial charge in [-0.2, -0.15) is 5.10 Å². The molecule has 0 radical (unpaired) electrons. The normalized spacial score (nSPS) is 20.1. The molecule has 1 aromatic carbocycles. The summed E-state index contributed by atoms with van der Waals surface area (Å²) in [6, 6.07) is 8.85. The Kier molecular flexibility index (Phi) is 10.4. The van der Waals surface area contributed by atoms with Gasteiger partial charge in [-0.1, -0.05) is 32.0 Å². The first-order valence-corrected chi connectivity index (χ1v) is 13.4. The zero-order chi connectivity index (χ0) is 27.1. The van der Waals surface area contributed by atoms with Gasteiger partial charge in [0, 0.05) is 41.2 Å². The van der Waals surface area contributed by atoms with E-state index in [4.69, 9.17) is 9.89 Å². The molecular formula is C29H45F2N3O2. The van der Waals surface area contributed by atoms with Crippen molar-refractivity contribution in [2.75, 3.05) is 7.05 Å². The van der Waals surface area contributed by atoms with Crippen LogP contribution in [0.25, 0.3) is 11.3 Å². The summed E-state index contributed by atoms with van der Waals surface area (Å²) in [5.74, 6) is -2.41. The van der Waals surface area contributed by atoms with Gasteiger partial charge in [-0.25, -0.2) is 8.78 Å². The fourth-order valence-corrected chi connectivity index (χ4v) is 5.31. The van der Waals surface area contributed by atoms with E-state index in [0.29, 0.717) is 6.04 Å². The number of fused-ring (bicyclic) bond motifs is 1. The van der Waals surface area contributed by atoms with E-state index in [1.54, 1.807) is 7.05 Å². The molecule has 2 fully saturated rings. The molecule has 0 bridgehead atoms. The first-order valence-electron chi connectivity index (χ1n) is 13.4. The molecule has 202 valence electrons. The van der Waals surface area contributed by atoms with Crippen LogP contribution in [0.4, 0.5) is 8.78 Å². The molecular weight excluding hydrogens is 460 g/mol. The van der Waals surface area contributed by atoms with Crippen molar-refractivity contribution < 1.29 is 18.7 Å². The average Bonchev–Trinajstić information content (AvgIpc) is 3.24. The largest absolute Gasteiger partial charge is 0.385 e. The van der Waals surface area contributed by atoms with Crippen LogP contribution >= 0.6 is 0 Å². The molecule has 36 heavy (non-hydrogen) atoms. The number of aromatic nitrogens is 2. The summed E-state index contributed by atoms with van der Waals surface area (Å²) >= 11 is 0. The predicted octanol–water partition coefficient (Wildman–Crippen LogP) is 6.62. The highest BCUT2D eigenvalue weighted by Crippen LogP contribution is 2.45. The maximum Gasteiger partial charge on any atom is 0.251 e. The molecule has 5 nitrogen and oxygen atoms in total. The van der Waals surface area contributed by atoms with Gasteiger partial charge < -0.3 is 15.2 Å². The maximum atomic E-state index is 12.2. The number of carbonyl (C=O) groups is 1.